The third-order valence-corrected chi connectivity index (χ3v) is 7.73. The first-order valence-corrected chi connectivity index (χ1v) is 12.9. The van der Waals surface area contributed by atoms with Crippen LogP contribution in [-0.2, 0) is 23.9 Å². The van der Waals surface area contributed by atoms with E-state index in [0.29, 0.717) is 0 Å². The Morgan fingerprint density at radius 2 is 1.49 bits per heavy atom. The Bertz CT molecular complexity index is 1270. The molecule has 3 aromatic rings. The average molecular weight is 516 g/mol. The zero-order valence-corrected chi connectivity index (χ0v) is 20.6. The van der Waals surface area contributed by atoms with Crippen LogP contribution in [0, 0.1) is 0 Å². The molecule has 0 aromatic heterocycles. The fourth-order valence-corrected chi connectivity index (χ4v) is 5.82. The van der Waals surface area contributed by atoms with Gasteiger partial charge in [0, 0.05) is 5.69 Å². The molecule has 2 fully saturated rings. The number of hydrogen-bond acceptors (Lipinski definition) is 7. The summed E-state index contributed by atoms with van der Waals surface area (Å²) < 4.78 is 6.02. The molecule has 8 nitrogen and oxygen atoms in total. The molecule has 1 unspecified atom stereocenters. The number of para-hydroxylation sites is 1. The lowest BCUT2D eigenvalue weighted by Crippen LogP contribution is -2.84. The fraction of sp³-hybridized carbons (Fsp3) is 0.214. The number of anilines is 1. The number of hydrogen-bond donors (Lipinski definition) is 2. The van der Waals surface area contributed by atoms with Crippen molar-refractivity contribution < 1.29 is 23.9 Å². The van der Waals surface area contributed by atoms with E-state index in [9.17, 15) is 19.2 Å². The third-order valence-electron chi connectivity index (χ3n) is 6.32. The van der Waals surface area contributed by atoms with Crippen LogP contribution in [0.15, 0.2) is 91.0 Å². The predicted octanol–water partition coefficient (Wildman–Crippen LogP) is 2.77. The zero-order chi connectivity index (χ0) is 25.8. The van der Waals surface area contributed by atoms with Crippen LogP contribution in [0.5, 0.6) is 0 Å². The summed E-state index contributed by atoms with van der Waals surface area (Å²) in [6.45, 7) is -0.242. The summed E-state index contributed by atoms with van der Waals surface area (Å²) in [5, 5.41) is 4.93. The van der Waals surface area contributed by atoms with Crippen molar-refractivity contribution in [3.05, 3.63) is 102 Å². The number of carbonyl (C=O) groups excluding carboxylic acids is 4. The maximum absolute atomic E-state index is 13.9. The highest BCUT2D eigenvalue weighted by molar-refractivity contribution is 8.00. The third kappa shape index (κ3) is 4.82. The van der Waals surface area contributed by atoms with Gasteiger partial charge >= 0.3 is 5.97 Å². The molecule has 0 radical (unpaired) electrons. The number of Topliss-reactive ketones (excluding diaryl/α,β-unsaturated/α-hetero) is 1. The number of rotatable bonds is 8. The standard InChI is InChI=1S/C28H25N3O5S/c32-22-17-31-25(34)28(26(31)37-18-22,30-23(33)16-29-21-14-8-3-9-15-21)27(35)36-24(19-10-4-1-5-11-19)20-12-6-2-7-13-20/h1-15,24,26,29H,16-18H2,(H,30,33)/t26-,28?/m0/s1. The molecule has 3 aromatic carbocycles. The monoisotopic (exact) mass is 515 g/mol. The summed E-state index contributed by atoms with van der Waals surface area (Å²) in [6, 6.07) is 27.5. The quantitative estimate of drug-likeness (QED) is 0.270. The lowest BCUT2D eigenvalue weighted by atomic mass is 9.86. The number of benzene rings is 3. The molecule has 5 rings (SSSR count). The summed E-state index contributed by atoms with van der Waals surface area (Å²) in [5.74, 6) is -2.01. The second-order valence-electron chi connectivity index (χ2n) is 8.82. The highest BCUT2D eigenvalue weighted by atomic mass is 32.2. The van der Waals surface area contributed by atoms with Gasteiger partial charge in [-0.1, -0.05) is 78.9 Å². The molecule has 0 saturated carbocycles. The summed E-state index contributed by atoms with van der Waals surface area (Å²) in [6.07, 6.45) is -0.789. The first-order chi connectivity index (χ1) is 18.0. The number of esters is 1. The number of nitrogens with zero attached hydrogens (tertiary/aromatic N) is 1. The van der Waals surface area contributed by atoms with Crippen molar-refractivity contribution >= 4 is 41.0 Å². The van der Waals surface area contributed by atoms with Crippen molar-refractivity contribution in [3.63, 3.8) is 0 Å². The molecule has 0 spiro atoms. The highest BCUT2D eigenvalue weighted by Crippen LogP contribution is 2.43. The van der Waals surface area contributed by atoms with Crippen LogP contribution in [0.1, 0.15) is 17.2 Å². The largest absolute Gasteiger partial charge is 0.450 e. The van der Waals surface area contributed by atoms with E-state index in [-0.39, 0.29) is 24.6 Å². The van der Waals surface area contributed by atoms with E-state index in [0.717, 1.165) is 28.6 Å². The first kappa shape index (κ1) is 24.6. The number of β-lactam (4-membered cyclic amide) rings is 1. The minimum Gasteiger partial charge on any atom is -0.450 e. The van der Waals surface area contributed by atoms with Crippen LogP contribution in [0.3, 0.4) is 0 Å². The van der Waals surface area contributed by atoms with Gasteiger partial charge in [0.1, 0.15) is 5.37 Å². The summed E-state index contributed by atoms with van der Waals surface area (Å²) >= 11 is 1.15. The van der Waals surface area contributed by atoms with Gasteiger partial charge in [0.15, 0.2) is 11.9 Å². The van der Waals surface area contributed by atoms with Crippen LogP contribution in [0.2, 0.25) is 0 Å². The van der Waals surface area contributed by atoms with Crippen molar-refractivity contribution in [2.45, 2.75) is 17.0 Å². The van der Waals surface area contributed by atoms with Gasteiger partial charge in [0.05, 0.1) is 18.8 Å². The van der Waals surface area contributed by atoms with E-state index in [1.807, 2.05) is 78.9 Å². The Labute approximate surface area is 218 Å². The van der Waals surface area contributed by atoms with Crippen molar-refractivity contribution in [1.82, 2.24) is 10.2 Å². The second kappa shape index (κ2) is 10.5. The van der Waals surface area contributed by atoms with Gasteiger partial charge in [-0.25, -0.2) is 4.79 Å². The molecule has 2 aliphatic rings. The lowest BCUT2D eigenvalue weighted by molar-refractivity contribution is -0.179. The second-order valence-corrected chi connectivity index (χ2v) is 9.89. The van der Waals surface area contributed by atoms with Crippen molar-refractivity contribution in [3.8, 4) is 0 Å². The Balaban J connectivity index is 1.42. The number of ether oxygens (including phenoxy) is 1. The first-order valence-electron chi connectivity index (χ1n) is 11.8. The summed E-state index contributed by atoms with van der Waals surface area (Å²) in [4.78, 5) is 53.6. The molecule has 2 saturated heterocycles. The molecule has 2 heterocycles. The molecule has 2 N–H and O–H groups in total. The molecular weight excluding hydrogens is 490 g/mol. The molecule has 37 heavy (non-hydrogen) atoms. The van der Waals surface area contributed by atoms with Crippen molar-refractivity contribution in [1.29, 1.82) is 0 Å². The minimum absolute atomic E-state index is 0.0928. The van der Waals surface area contributed by atoms with Gasteiger partial charge in [-0.05, 0) is 23.3 Å². The van der Waals surface area contributed by atoms with Gasteiger partial charge in [0.2, 0.25) is 11.4 Å². The maximum Gasteiger partial charge on any atom is 0.345 e. The van der Waals surface area contributed by atoms with Gasteiger partial charge in [0.25, 0.3) is 5.91 Å². The topological polar surface area (TPSA) is 105 Å². The number of thioether (sulfide) groups is 1. The van der Waals surface area contributed by atoms with Gasteiger partial charge < -0.3 is 20.3 Å². The van der Waals surface area contributed by atoms with Gasteiger partial charge in [-0.3, -0.25) is 14.4 Å². The molecule has 2 amide bonds. The van der Waals surface area contributed by atoms with E-state index in [1.54, 1.807) is 12.1 Å². The SMILES string of the molecule is O=C1CS[C@@H]2N(C1)C(=O)C2(NC(=O)CNc1ccccc1)C(=O)OC(c1ccccc1)c1ccccc1. The summed E-state index contributed by atoms with van der Waals surface area (Å²) in [7, 11) is 0. The van der Waals surface area contributed by atoms with E-state index < -0.39 is 34.8 Å². The zero-order valence-electron chi connectivity index (χ0n) is 19.8. The maximum atomic E-state index is 13.9. The normalized spacial score (nSPS) is 20.6. The lowest BCUT2D eigenvalue weighted by Gasteiger charge is -2.55. The Hall–Kier alpha value is -4.11. The fourth-order valence-electron chi connectivity index (χ4n) is 4.52. The Kier molecular flexibility index (Phi) is 6.96. The highest BCUT2D eigenvalue weighted by Gasteiger charge is 2.69. The number of nitrogens with one attached hydrogen (secondary N) is 2. The van der Waals surface area contributed by atoms with Crippen molar-refractivity contribution in [2.24, 2.45) is 0 Å². The van der Waals surface area contributed by atoms with E-state index in [4.69, 9.17) is 4.74 Å². The van der Waals surface area contributed by atoms with Crippen LogP contribution >= 0.6 is 11.8 Å². The van der Waals surface area contributed by atoms with E-state index >= 15 is 0 Å². The number of fused-ring (bicyclic) bond motifs is 1. The van der Waals surface area contributed by atoms with E-state index in [1.165, 1.54) is 4.90 Å². The Morgan fingerprint density at radius 1 is 0.919 bits per heavy atom. The predicted molar refractivity (Wildman–Crippen MR) is 140 cm³/mol. The van der Waals surface area contributed by atoms with Crippen molar-refractivity contribution in [2.75, 3.05) is 24.2 Å². The smallest absolute Gasteiger partial charge is 0.345 e. The van der Waals surface area contributed by atoms with Crippen LogP contribution in [0.4, 0.5) is 5.69 Å². The molecule has 2 atom stereocenters. The Morgan fingerprint density at radius 3 is 2.08 bits per heavy atom. The number of ketones is 1. The molecule has 188 valence electrons. The van der Waals surface area contributed by atoms with Crippen LogP contribution in [-0.4, -0.2) is 58.2 Å². The molecule has 9 heteroatoms. The number of amides is 2. The van der Waals surface area contributed by atoms with E-state index in [2.05, 4.69) is 10.6 Å². The molecular formula is C28H25N3O5S. The average Bonchev–Trinajstić information content (AvgIpc) is 2.94. The molecule has 2 aliphatic heterocycles. The minimum atomic E-state index is -1.93. The summed E-state index contributed by atoms with van der Waals surface area (Å²) in [5.41, 5.74) is 0.248. The van der Waals surface area contributed by atoms with Crippen LogP contribution in [0.25, 0.3) is 0 Å². The molecule has 0 aliphatic carbocycles. The number of carbonyl (C=O) groups is 4. The van der Waals surface area contributed by atoms with Crippen LogP contribution < -0.4 is 10.6 Å². The molecule has 0 bridgehead atoms. The van der Waals surface area contributed by atoms with Gasteiger partial charge in [-0.15, -0.1) is 11.8 Å². The van der Waals surface area contributed by atoms with Gasteiger partial charge in [-0.2, -0.15) is 0 Å².